The molecule has 3 atom stereocenters. The van der Waals surface area contributed by atoms with Crippen molar-refractivity contribution in [3.63, 3.8) is 0 Å². The van der Waals surface area contributed by atoms with E-state index in [1.807, 2.05) is 0 Å². The van der Waals surface area contributed by atoms with E-state index in [9.17, 15) is 0 Å². The highest BCUT2D eigenvalue weighted by atomic mass is 15.0. The lowest BCUT2D eigenvalue weighted by atomic mass is 9.90. The SMILES string of the molecule is CC[C@H]1C[C@H]2CC[C@@H](C1)N2. The maximum Gasteiger partial charge on any atom is 0.00728 e. The molecule has 0 aromatic heterocycles. The van der Waals surface area contributed by atoms with Crippen molar-refractivity contribution in [2.75, 3.05) is 0 Å². The molecule has 2 aliphatic heterocycles. The average Bonchev–Trinajstić information content (AvgIpc) is 2.30. The minimum absolute atomic E-state index is 0.892. The van der Waals surface area contributed by atoms with Crippen molar-refractivity contribution < 1.29 is 0 Å². The second-order valence-corrected chi connectivity index (χ2v) is 3.88. The summed E-state index contributed by atoms with van der Waals surface area (Å²) in [5.41, 5.74) is 0. The van der Waals surface area contributed by atoms with Gasteiger partial charge in [-0.05, 0) is 31.6 Å². The Balaban J connectivity index is 1.96. The summed E-state index contributed by atoms with van der Waals surface area (Å²) >= 11 is 0. The molecule has 2 fully saturated rings. The van der Waals surface area contributed by atoms with E-state index < -0.39 is 0 Å². The summed E-state index contributed by atoms with van der Waals surface area (Å²) in [6.07, 6.45) is 7.19. The molecule has 0 aromatic carbocycles. The van der Waals surface area contributed by atoms with Crippen LogP contribution in [0.2, 0.25) is 0 Å². The molecule has 1 N–H and O–H groups in total. The zero-order valence-electron chi connectivity index (χ0n) is 6.77. The second-order valence-electron chi connectivity index (χ2n) is 3.88. The fraction of sp³-hybridized carbons (Fsp3) is 1.00. The molecule has 58 valence electrons. The number of rotatable bonds is 1. The number of nitrogens with one attached hydrogen (secondary N) is 1. The van der Waals surface area contributed by atoms with Gasteiger partial charge in [-0.15, -0.1) is 0 Å². The van der Waals surface area contributed by atoms with Crippen molar-refractivity contribution >= 4 is 0 Å². The fourth-order valence-corrected chi connectivity index (χ4v) is 2.51. The van der Waals surface area contributed by atoms with Crippen molar-refractivity contribution in [2.24, 2.45) is 5.92 Å². The van der Waals surface area contributed by atoms with Crippen LogP contribution >= 0.6 is 0 Å². The molecule has 2 heterocycles. The summed E-state index contributed by atoms with van der Waals surface area (Å²) in [7, 11) is 0. The van der Waals surface area contributed by atoms with Crippen molar-refractivity contribution in [3.8, 4) is 0 Å². The lowest BCUT2D eigenvalue weighted by molar-refractivity contribution is 0.293. The van der Waals surface area contributed by atoms with Gasteiger partial charge in [0.15, 0.2) is 0 Å². The number of hydrogen-bond donors (Lipinski definition) is 1. The van der Waals surface area contributed by atoms with Crippen LogP contribution in [0.3, 0.4) is 0 Å². The van der Waals surface area contributed by atoms with E-state index in [-0.39, 0.29) is 0 Å². The first-order valence-electron chi connectivity index (χ1n) is 4.64. The maximum absolute atomic E-state index is 3.65. The van der Waals surface area contributed by atoms with Crippen LogP contribution in [-0.4, -0.2) is 12.1 Å². The molecule has 0 saturated carbocycles. The van der Waals surface area contributed by atoms with Gasteiger partial charge < -0.3 is 5.32 Å². The van der Waals surface area contributed by atoms with Gasteiger partial charge >= 0.3 is 0 Å². The third-order valence-corrected chi connectivity index (χ3v) is 3.15. The van der Waals surface area contributed by atoms with E-state index in [1.165, 1.54) is 32.1 Å². The Morgan fingerprint density at radius 1 is 1.20 bits per heavy atom. The zero-order valence-corrected chi connectivity index (χ0v) is 6.77. The van der Waals surface area contributed by atoms with Crippen LogP contribution in [0.4, 0.5) is 0 Å². The Labute approximate surface area is 63.2 Å². The minimum Gasteiger partial charge on any atom is -0.311 e. The molecule has 0 aliphatic carbocycles. The smallest absolute Gasteiger partial charge is 0.00728 e. The summed E-state index contributed by atoms with van der Waals surface area (Å²) in [6.45, 7) is 2.33. The van der Waals surface area contributed by atoms with Gasteiger partial charge in [0, 0.05) is 12.1 Å². The molecule has 0 radical (unpaired) electrons. The normalized spacial score (nSPS) is 45.9. The third-order valence-electron chi connectivity index (χ3n) is 3.15. The van der Waals surface area contributed by atoms with Crippen LogP contribution in [0.5, 0.6) is 0 Å². The zero-order chi connectivity index (χ0) is 6.97. The molecule has 2 rings (SSSR count). The monoisotopic (exact) mass is 139 g/mol. The van der Waals surface area contributed by atoms with Gasteiger partial charge in [0.05, 0.1) is 0 Å². The number of hydrogen-bond acceptors (Lipinski definition) is 1. The van der Waals surface area contributed by atoms with Crippen LogP contribution in [0.25, 0.3) is 0 Å². The van der Waals surface area contributed by atoms with E-state index in [0.717, 1.165) is 18.0 Å². The Hall–Kier alpha value is -0.0400. The van der Waals surface area contributed by atoms with Crippen molar-refractivity contribution in [2.45, 2.75) is 51.1 Å². The Morgan fingerprint density at radius 2 is 1.80 bits per heavy atom. The molecule has 2 bridgehead atoms. The Morgan fingerprint density at radius 3 is 2.30 bits per heavy atom. The molecule has 0 amide bonds. The maximum atomic E-state index is 3.65. The third kappa shape index (κ3) is 1.07. The van der Waals surface area contributed by atoms with E-state index in [1.54, 1.807) is 0 Å². The lowest BCUT2D eigenvalue weighted by Gasteiger charge is -2.27. The van der Waals surface area contributed by atoms with Crippen LogP contribution < -0.4 is 5.32 Å². The molecular weight excluding hydrogens is 122 g/mol. The summed E-state index contributed by atoms with van der Waals surface area (Å²) in [5.74, 6) is 1.04. The largest absolute Gasteiger partial charge is 0.311 e. The molecule has 2 saturated heterocycles. The van der Waals surface area contributed by atoms with Crippen molar-refractivity contribution in [1.82, 2.24) is 5.32 Å². The summed E-state index contributed by atoms with van der Waals surface area (Å²) in [5, 5.41) is 3.65. The van der Waals surface area contributed by atoms with Gasteiger partial charge in [0.25, 0.3) is 0 Å². The topological polar surface area (TPSA) is 12.0 Å². The number of piperidine rings is 1. The van der Waals surface area contributed by atoms with Crippen LogP contribution in [0.15, 0.2) is 0 Å². The summed E-state index contributed by atoms with van der Waals surface area (Å²) in [6, 6.07) is 1.78. The first kappa shape index (κ1) is 6.66. The quantitative estimate of drug-likeness (QED) is 0.585. The van der Waals surface area contributed by atoms with E-state index in [2.05, 4.69) is 12.2 Å². The predicted octanol–water partition coefficient (Wildman–Crippen LogP) is 1.93. The highest BCUT2D eigenvalue weighted by Gasteiger charge is 2.32. The standard InChI is InChI=1S/C9H17N/c1-2-7-5-8-3-4-9(6-7)10-8/h7-10H,2-6H2,1H3/t7-,8+,9-. The minimum atomic E-state index is 0.892. The number of fused-ring (bicyclic) bond motifs is 2. The molecule has 0 unspecified atom stereocenters. The Bertz CT molecular complexity index is 110. The molecule has 10 heavy (non-hydrogen) atoms. The summed E-state index contributed by atoms with van der Waals surface area (Å²) in [4.78, 5) is 0. The van der Waals surface area contributed by atoms with Gasteiger partial charge in [-0.2, -0.15) is 0 Å². The summed E-state index contributed by atoms with van der Waals surface area (Å²) < 4.78 is 0. The van der Waals surface area contributed by atoms with Gasteiger partial charge in [-0.1, -0.05) is 13.3 Å². The van der Waals surface area contributed by atoms with Crippen molar-refractivity contribution in [3.05, 3.63) is 0 Å². The lowest BCUT2D eigenvalue weighted by Crippen LogP contribution is -2.37. The van der Waals surface area contributed by atoms with Gasteiger partial charge in [-0.25, -0.2) is 0 Å². The van der Waals surface area contributed by atoms with Gasteiger partial charge in [0.2, 0.25) is 0 Å². The second kappa shape index (κ2) is 2.54. The highest BCUT2D eigenvalue weighted by Crippen LogP contribution is 2.32. The molecule has 0 spiro atoms. The van der Waals surface area contributed by atoms with Crippen LogP contribution in [0, 0.1) is 5.92 Å². The average molecular weight is 139 g/mol. The first-order chi connectivity index (χ1) is 4.88. The van der Waals surface area contributed by atoms with E-state index in [0.29, 0.717) is 0 Å². The predicted molar refractivity (Wildman–Crippen MR) is 43.0 cm³/mol. The molecule has 0 aromatic rings. The van der Waals surface area contributed by atoms with Crippen LogP contribution in [-0.2, 0) is 0 Å². The first-order valence-corrected chi connectivity index (χ1v) is 4.64. The van der Waals surface area contributed by atoms with E-state index >= 15 is 0 Å². The van der Waals surface area contributed by atoms with E-state index in [4.69, 9.17) is 0 Å². The Kier molecular flexibility index (Phi) is 1.69. The molecule has 1 nitrogen and oxygen atoms in total. The van der Waals surface area contributed by atoms with Crippen LogP contribution in [0.1, 0.15) is 39.0 Å². The molecule has 2 aliphatic rings. The molecule has 1 heteroatoms. The fourth-order valence-electron chi connectivity index (χ4n) is 2.51. The molecular formula is C9H17N. The van der Waals surface area contributed by atoms with Gasteiger partial charge in [-0.3, -0.25) is 0 Å². The highest BCUT2D eigenvalue weighted by molar-refractivity contribution is 4.91. The van der Waals surface area contributed by atoms with Crippen molar-refractivity contribution in [1.29, 1.82) is 0 Å². The van der Waals surface area contributed by atoms with Gasteiger partial charge in [0.1, 0.15) is 0 Å².